The molecule has 0 aliphatic carbocycles. The Morgan fingerprint density at radius 1 is 1.36 bits per heavy atom. The number of pyridine rings is 1. The van der Waals surface area contributed by atoms with Gasteiger partial charge in [0.25, 0.3) is 5.91 Å². The van der Waals surface area contributed by atoms with Crippen molar-refractivity contribution in [3.63, 3.8) is 0 Å². The van der Waals surface area contributed by atoms with E-state index in [0.717, 1.165) is 5.56 Å². The maximum Gasteiger partial charge on any atom is 0.272 e. The summed E-state index contributed by atoms with van der Waals surface area (Å²) in [6, 6.07) is 12.8. The van der Waals surface area contributed by atoms with E-state index in [2.05, 4.69) is 4.98 Å². The summed E-state index contributed by atoms with van der Waals surface area (Å²) in [6.45, 7) is 3.04. The molecule has 1 aliphatic rings. The van der Waals surface area contributed by atoms with E-state index < -0.39 is 5.60 Å². The van der Waals surface area contributed by atoms with Crippen molar-refractivity contribution >= 4 is 5.91 Å². The van der Waals surface area contributed by atoms with Gasteiger partial charge in [-0.05, 0) is 36.8 Å². The number of aryl methyl sites for hydroxylation is 1. The predicted octanol–water partition coefficient (Wildman–Crippen LogP) is 1.67. The van der Waals surface area contributed by atoms with Crippen LogP contribution >= 0.6 is 0 Å². The fourth-order valence-corrected chi connectivity index (χ4v) is 2.75. The van der Waals surface area contributed by atoms with Crippen LogP contribution in [-0.4, -0.2) is 59.4 Å². The van der Waals surface area contributed by atoms with Gasteiger partial charge in [0.2, 0.25) is 0 Å². The first kappa shape index (κ1) is 17.4. The summed E-state index contributed by atoms with van der Waals surface area (Å²) < 4.78 is 11.2. The average molecular weight is 342 g/mol. The predicted molar refractivity (Wildman–Crippen MR) is 92.6 cm³/mol. The molecule has 0 bridgehead atoms. The van der Waals surface area contributed by atoms with Crippen LogP contribution in [0.15, 0.2) is 48.7 Å². The van der Waals surface area contributed by atoms with Crippen LogP contribution in [0.2, 0.25) is 0 Å². The molecule has 2 aromatic rings. The van der Waals surface area contributed by atoms with Crippen molar-refractivity contribution in [2.24, 2.45) is 0 Å². The number of hydrogen-bond donors (Lipinski definition) is 1. The summed E-state index contributed by atoms with van der Waals surface area (Å²) in [7, 11) is 0. The molecule has 1 atom stereocenters. The molecule has 1 N–H and O–H groups in total. The third-order valence-corrected chi connectivity index (χ3v) is 4.03. The Morgan fingerprint density at radius 3 is 3.00 bits per heavy atom. The van der Waals surface area contributed by atoms with Crippen LogP contribution in [0.1, 0.15) is 16.1 Å². The summed E-state index contributed by atoms with van der Waals surface area (Å²) in [6.07, 6.45) is 1.58. The first-order valence-electron chi connectivity index (χ1n) is 8.26. The normalized spacial score (nSPS) is 20.8. The molecule has 0 saturated carbocycles. The van der Waals surface area contributed by atoms with Crippen LogP contribution < -0.4 is 4.74 Å². The molecule has 0 unspecified atom stereocenters. The zero-order chi connectivity index (χ0) is 17.7. The van der Waals surface area contributed by atoms with Crippen molar-refractivity contribution in [3.05, 3.63) is 59.9 Å². The highest BCUT2D eigenvalue weighted by Crippen LogP contribution is 2.18. The molecule has 1 fully saturated rings. The van der Waals surface area contributed by atoms with Crippen molar-refractivity contribution in [1.82, 2.24) is 9.88 Å². The van der Waals surface area contributed by atoms with E-state index in [0.29, 0.717) is 24.6 Å². The van der Waals surface area contributed by atoms with Gasteiger partial charge in [0.15, 0.2) is 0 Å². The van der Waals surface area contributed by atoms with Crippen LogP contribution in [0.3, 0.4) is 0 Å². The molecular formula is C19H22N2O4. The Morgan fingerprint density at radius 2 is 2.24 bits per heavy atom. The quantitative estimate of drug-likeness (QED) is 0.915. The minimum atomic E-state index is -1.27. The molecule has 0 spiro atoms. The van der Waals surface area contributed by atoms with Gasteiger partial charge in [-0.15, -0.1) is 0 Å². The lowest BCUT2D eigenvalue weighted by molar-refractivity contribution is -0.0621. The monoisotopic (exact) mass is 342 g/mol. The van der Waals surface area contributed by atoms with Crippen LogP contribution in [0, 0.1) is 6.92 Å². The number of aliphatic hydroxyl groups is 1. The fourth-order valence-electron chi connectivity index (χ4n) is 2.75. The van der Waals surface area contributed by atoms with Crippen molar-refractivity contribution in [2.45, 2.75) is 12.5 Å². The number of carbonyl (C=O) groups is 1. The maximum atomic E-state index is 12.6. The third-order valence-electron chi connectivity index (χ3n) is 4.03. The molecule has 3 rings (SSSR count). The zero-order valence-electron chi connectivity index (χ0n) is 14.2. The SMILES string of the molecule is Cc1cccc(OC[C@]2(O)COCCN(C(=O)c3ccccn3)C2)c1. The van der Waals surface area contributed by atoms with Gasteiger partial charge in [0.1, 0.15) is 23.7 Å². The maximum absolute atomic E-state index is 12.6. The fraction of sp³-hybridized carbons (Fsp3) is 0.368. The van der Waals surface area contributed by atoms with E-state index in [9.17, 15) is 9.90 Å². The second kappa shape index (κ2) is 7.63. The largest absolute Gasteiger partial charge is 0.490 e. The lowest BCUT2D eigenvalue weighted by Gasteiger charge is -2.30. The van der Waals surface area contributed by atoms with E-state index in [1.165, 1.54) is 0 Å². The van der Waals surface area contributed by atoms with Gasteiger partial charge < -0.3 is 19.5 Å². The van der Waals surface area contributed by atoms with Gasteiger partial charge >= 0.3 is 0 Å². The number of aromatic nitrogens is 1. The van der Waals surface area contributed by atoms with Crippen molar-refractivity contribution in [1.29, 1.82) is 0 Å². The highest BCUT2D eigenvalue weighted by molar-refractivity contribution is 5.92. The smallest absolute Gasteiger partial charge is 0.272 e. The molecule has 6 nitrogen and oxygen atoms in total. The Labute approximate surface area is 147 Å². The molecule has 1 aromatic carbocycles. The lowest BCUT2D eigenvalue weighted by Crippen LogP contribution is -2.50. The lowest BCUT2D eigenvalue weighted by atomic mass is 10.1. The van der Waals surface area contributed by atoms with Gasteiger partial charge in [-0.25, -0.2) is 0 Å². The molecule has 1 aliphatic heterocycles. The molecule has 6 heteroatoms. The topological polar surface area (TPSA) is 71.9 Å². The van der Waals surface area contributed by atoms with Gasteiger partial charge in [-0.3, -0.25) is 9.78 Å². The van der Waals surface area contributed by atoms with E-state index in [-0.39, 0.29) is 25.7 Å². The molecule has 132 valence electrons. The summed E-state index contributed by atoms with van der Waals surface area (Å²) in [5.41, 5.74) is 0.157. The molecule has 1 aromatic heterocycles. The average Bonchev–Trinajstić information content (AvgIpc) is 2.83. The summed E-state index contributed by atoms with van der Waals surface area (Å²) in [5, 5.41) is 10.9. The first-order valence-corrected chi connectivity index (χ1v) is 8.26. The second-order valence-electron chi connectivity index (χ2n) is 6.32. The van der Waals surface area contributed by atoms with Crippen molar-refractivity contribution < 1.29 is 19.4 Å². The van der Waals surface area contributed by atoms with Crippen LogP contribution in [0.4, 0.5) is 0 Å². The Kier molecular flexibility index (Phi) is 5.31. The zero-order valence-corrected chi connectivity index (χ0v) is 14.2. The second-order valence-corrected chi connectivity index (χ2v) is 6.32. The number of β-amino-alcohol motifs (C(OH)–C–C–N with tert-alkyl or cyclic N) is 1. The van der Waals surface area contributed by atoms with Crippen molar-refractivity contribution in [2.75, 3.05) is 32.9 Å². The van der Waals surface area contributed by atoms with Gasteiger partial charge in [-0.2, -0.15) is 0 Å². The minimum absolute atomic E-state index is 0.0441. The minimum Gasteiger partial charge on any atom is -0.490 e. The van der Waals surface area contributed by atoms with Crippen LogP contribution in [-0.2, 0) is 4.74 Å². The van der Waals surface area contributed by atoms with Gasteiger partial charge in [0, 0.05) is 12.7 Å². The Hall–Kier alpha value is -2.44. The Balaban J connectivity index is 1.69. The standard InChI is InChI=1S/C19H22N2O4/c1-15-5-4-6-16(11-15)25-14-19(23)12-21(9-10-24-13-19)18(22)17-7-2-3-8-20-17/h2-8,11,23H,9-10,12-14H2,1H3/t19-/m1/s1. The highest BCUT2D eigenvalue weighted by atomic mass is 16.5. The molecule has 25 heavy (non-hydrogen) atoms. The summed E-state index contributed by atoms with van der Waals surface area (Å²) in [5.74, 6) is 0.459. The first-order chi connectivity index (χ1) is 12.1. The Bertz CT molecular complexity index is 722. The highest BCUT2D eigenvalue weighted by Gasteiger charge is 2.36. The molecule has 0 radical (unpaired) electrons. The number of carbonyl (C=O) groups excluding carboxylic acids is 1. The summed E-state index contributed by atoms with van der Waals surface area (Å²) >= 11 is 0. The van der Waals surface area contributed by atoms with E-state index in [1.54, 1.807) is 29.3 Å². The number of amides is 1. The number of ether oxygens (including phenoxy) is 2. The van der Waals surface area contributed by atoms with Gasteiger partial charge in [0.05, 0.1) is 19.8 Å². The van der Waals surface area contributed by atoms with Gasteiger partial charge in [-0.1, -0.05) is 18.2 Å². The van der Waals surface area contributed by atoms with E-state index in [1.807, 2.05) is 31.2 Å². The number of benzene rings is 1. The molecule has 1 saturated heterocycles. The number of nitrogens with zero attached hydrogens (tertiary/aromatic N) is 2. The third kappa shape index (κ3) is 4.55. The van der Waals surface area contributed by atoms with Crippen molar-refractivity contribution in [3.8, 4) is 5.75 Å². The van der Waals surface area contributed by atoms with E-state index in [4.69, 9.17) is 9.47 Å². The molecular weight excluding hydrogens is 320 g/mol. The molecule has 2 heterocycles. The number of hydrogen-bond acceptors (Lipinski definition) is 5. The van der Waals surface area contributed by atoms with E-state index >= 15 is 0 Å². The van der Waals surface area contributed by atoms with Crippen LogP contribution in [0.5, 0.6) is 5.75 Å². The summed E-state index contributed by atoms with van der Waals surface area (Å²) in [4.78, 5) is 18.3. The van der Waals surface area contributed by atoms with Crippen LogP contribution in [0.25, 0.3) is 0 Å². The molecule has 1 amide bonds. The number of rotatable bonds is 4.